The van der Waals surface area contributed by atoms with Crippen LogP contribution in [0.1, 0.15) is 42.9 Å². The molecule has 0 amide bonds. The quantitative estimate of drug-likeness (QED) is 0.0469. The highest BCUT2D eigenvalue weighted by molar-refractivity contribution is 5.47. The van der Waals surface area contributed by atoms with E-state index in [-0.39, 0.29) is 0 Å². The third-order valence-electron chi connectivity index (χ3n) is 8.70. The molecular formula is C46H70O12. The fourth-order valence-corrected chi connectivity index (χ4v) is 5.78. The minimum Gasteiger partial charge on any atom is -0.379 e. The molecule has 0 radical (unpaired) electrons. The molecule has 0 heterocycles. The standard InChI is InChI=1S/C46H70O12/c1-2-3-13-20-47-21-22-48-23-24-49-25-26-50-27-28-51-29-30-52-31-32-53-33-34-54-35-36-55-37-38-56-39-40-57-41-42-58-46(43-14-7-4-8-15-43,44-16-9-5-10-17-44)45-18-11-6-12-19-45/h4-12,14-19H,2-3,13,20-42H2,1H3. The van der Waals surface area contributed by atoms with Crippen molar-refractivity contribution in [1.29, 1.82) is 0 Å². The van der Waals surface area contributed by atoms with Crippen LogP contribution in [0, 0.1) is 0 Å². The molecule has 12 nitrogen and oxygen atoms in total. The predicted molar refractivity (Wildman–Crippen MR) is 224 cm³/mol. The maximum atomic E-state index is 6.74. The number of benzene rings is 3. The Morgan fingerprint density at radius 3 is 0.741 bits per heavy atom. The van der Waals surface area contributed by atoms with Crippen molar-refractivity contribution in [1.82, 2.24) is 0 Å². The van der Waals surface area contributed by atoms with Crippen molar-refractivity contribution < 1.29 is 56.8 Å². The summed E-state index contributed by atoms with van der Waals surface area (Å²) in [6, 6.07) is 31.0. The normalized spacial score (nSPS) is 11.7. The first kappa shape index (κ1) is 49.5. The summed E-state index contributed by atoms with van der Waals surface area (Å²) in [4.78, 5) is 0. The molecular weight excluding hydrogens is 744 g/mol. The van der Waals surface area contributed by atoms with Crippen molar-refractivity contribution in [2.24, 2.45) is 0 Å². The first-order chi connectivity index (χ1) is 28.9. The molecule has 0 saturated carbocycles. The average Bonchev–Trinajstić information content (AvgIpc) is 3.27. The van der Waals surface area contributed by atoms with E-state index in [4.69, 9.17) is 56.8 Å². The minimum atomic E-state index is -0.752. The van der Waals surface area contributed by atoms with Crippen molar-refractivity contribution >= 4 is 0 Å². The molecule has 58 heavy (non-hydrogen) atoms. The SMILES string of the molecule is CCCCCOCCOCCOCCOCCOCCOCCOCCOCCOCCOCCOCCOC(c1ccccc1)(c1ccccc1)c1ccccc1. The fourth-order valence-electron chi connectivity index (χ4n) is 5.78. The molecule has 0 aliphatic heterocycles. The largest absolute Gasteiger partial charge is 0.379 e. The molecule has 0 atom stereocenters. The van der Waals surface area contributed by atoms with E-state index in [1.165, 1.54) is 12.8 Å². The van der Waals surface area contributed by atoms with Gasteiger partial charge in [0.25, 0.3) is 0 Å². The molecule has 0 aromatic heterocycles. The molecule has 0 aliphatic rings. The molecule has 0 N–H and O–H groups in total. The lowest BCUT2D eigenvalue weighted by molar-refractivity contribution is -0.0399. The Kier molecular flexibility index (Phi) is 30.8. The fraction of sp³-hybridized carbons (Fsp3) is 0.609. The van der Waals surface area contributed by atoms with Gasteiger partial charge in [-0.25, -0.2) is 0 Å². The molecule has 0 saturated heterocycles. The number of hydrogen-bond donors (Lipinski definition) is 0. The van der Waals surface area contributed by atoms with E-state index in [0.717, 1.165) is 29.7 Å². The van der Waals surface area contributed by atoms with Crippen molar-refractivity contribution in [2.75, 3.05) is 152 Å². The van der Waals surface area contributed by atoms with Crippen LogP contribution in [0.2, 0.25) is 0 Å². The van der Waals surface area contributed by atoms with Crippen molar-refractivity contribution in [3.8, 4) is 0 Å². The lowest BCUT2D eigenvalue weighted by Crippen LogP contribution is -2.34. The summed E-state index contributed by atoms with van der Waals surface area (Å²) < 4.78 is 68.0. The van der Waals surface area contributed by atoms with Crippen molar-refractivity contribution in [3.63, 3.8) is 0 Å². The van der Waals surface area contributed by atoms with Gasteiger partial charge in [-0.05, 0) is 23.1 Å². The molecule has 326 valence electrons. The first-order valence-electron chi connectivity index (χ1n) is 21.0. The van der Waals surface area contributed by atoms with Crippen molar-refractivity contribution in [3.05, 3.63) is 108 Å². The van der Waals surface area contributed by atoms with Crippen LogP contribution in [0.4, 0.5) is 0 Å². The van der Waals surface area contributed by atoms with Gasteiger partial charge in [0, 0.05) is 6.61 Å². The Bertz CT molecular complexity index is 1190. The van der Waals surface area contributed by atoms with Crippen LogP contribution in [0.5, 0.6) is 0 Å². The molecule has 0 spiro atoms. The van der Waals surface area contributed by atoms with Crippen LogP contribution in [0.25, 0.3) is 0 Å². The van der Waals surface area contributed by atoms with Crippen molar-refractivity contribution in [2.45, 2.75) is 31.8 Å². The summed E-state index contributed by atoms with van der Waals surface area (Å²) in [6.07, 6.45) is 3.54. The zero-order valence-electron chi connectivity index (χ0n) is 34.9. The van der Waals surface area contributed by atoms with Crippen LogP contribution in [0.3, 0.4) is 0 Å². The zero-order chi connectivity index (χ0) is 40.7. The van der Waals surface area contributed by atoms with E-state index in [1.54, 1.807) is 0 Å². The van der Waals surface area contributed by atoms with E-state index >= 15 is 0 Å². The maximum Gasteiger partial charge on any atom is 0.143 e. The lowest BCUT2D eigenvalue weighted by atomic mass is 9.80. The monoisotopic (exact) mass is 814 g/mol. The summed E-state index contributed by atoms with van der Waals surface area (Å²) >= 11 is 0. The van der Waals surface area contributed by atoms with E-state index in [9.17, 15) is 0 Å². The summed E-state index contributed by atoms with van der Waals surface area (Å²) in [5.74, 6) is 0. The third-order valence-corrected chi connectivity index (χ3v) is 8.70. The van der Waals surface area contributed by atoms with E-state index in [2.05, 4.69) is 43.3 Å². The molecule has 0 aliphatic carbocycles. The molecule has 12 heteroatoms. The van der Waals surface area contributed by atoms with E-state index in [1.807, 2.05) is 54.6 Å². The minimum absolute atomic E-state index is 0.416. The highest BCUT2D eigenvalue weighted by Gasteiger charge is 2.37. The third kappa shape index (κ3) is 23.1. The van der Waals surface area contributed by atoms with E-state index < -0.39 is 5.60 Å². The molecule has 3 aromatic carbocycles. The average molecular weight is 815 g/mol. The Balaban J connectivity index is 1.03. The van der Waals surface area contributed by atoms with E-state index in [0.29, 0.717) is 145 Å². The highest BCUT2D eigenvalue weighted by atomic mass is 16.6. The Morgan fingerprint density at radius 1 is 0.276 bits per heavy atom. The van der Waals surface area contributed by atoms with Gasteiger partial charge in [-0.3, -0.25) is 0 Å². The first-order valence-corrected chi connectivity index (χ1v) is 21.0. The molecule has 0 unspecified atom stereocenters. The summed E-state index contributed by atoms with van der Waals surface area (Å²) in [7, 11) is 0. The number of unbranched alkanes of at least 4 members (excludes halogenated alkanes) is 2. The highest BCUT2D eigenvalue weighted by Crippen LogP contribution is 2.40. The van der Waals surface area contributed by atoms with Gasteiger partial charge in [0.1, 0.15) is 5.60 Å². The lowest BCUT2D eigenvalue weighted by Gasteiger charge is -2.36. The van der Waals surface area contributed by atoms with Crippen LogP contribution in [0.15, 0.2) is 91.0 Å². The maximum absolute atomic E-state index is 6.74. The van der Waals surface area contributed by atoms with Gasteiger partial charge < -0.3 is 56.8 Å². The predicted octanol–water partition coefficient (Wildman–Crippen LogP) is 6.37. The number of ether oxygens (including phenoxy) is 12. The van der Waals surface area contributed by atoms with Gasteiger partial charge >= 0.3 is 0 Å². The summed E-state index contributed by atoms with van der Waals surface area (Å²) in [6.45, 7) is 14.3. The number of hydrogen-bond acceptors (Lipinski definition) is 12. The summed E-state index contributed by atoms with van der Waals surface area (Å²) in [5.41, 5.74) is 2.45. The van der Waals surface area contributed by atoms with Crippen LogP contribution >= 0.6 is 0 Å². The Morgan fingerprint density at radius 2 is 0.500 bits per heavy atom. The molecule has 0 bridgehead atoms. The Labute approximate surface area is 347 Å². The zero-order valence-corrected chi connectivity index (χ0v) is 34.9. The van der Waals surface area contributed by atoms with Crippen LogP contribution < -0.4 is 0 Å². The van der Waals surface area contributed by atoms with Crippen LogP contribution in [-0.2, 0) is 62.4 Å². The topological polar surface area (TPSA) is 111 Å². The second-order valence-electron chi connectivity index (χ2n) is 13.1. The van der Waals surface area contributed by atoms with Gasteiger partial charge in [0.05, 0.1) is 145 Å². The van der Waals surface area contributed by atoms with Crippen LogP contribution in [-0.4, -0.2) is 152 Å². The smallest absolute Gasteiger partial charge is 0.143 e. The van der Waals surface area contributed by atoms with Gasteiger partial charge in [-0.1, -0.05) is 111 Å². The second-order valence-corrected chi connectivity index (χ2v) is 13.1. The Hall–Kier alpha value is -2.82. The summed E-state index contributed by atoms with van der Waals surface area (Å²) in [5, 5.41) is 0. The van der Waals surface area contributed by atoms with Gasteiger partial charge in [0.15, 0.2) is 0 Å². The second kappa shape index (κ2) is 36.1. The molecule has 3 aromatic rings. The molecule has 3 rings (SSSR count). The van der Waals surface area contributed by atoms with Gasteiger partial charge in [-0.2, -0.15) is 0 Å². The van der Waals surface area contributed by atoms with Gasteiger partial charge in [-0.15, -0.1) is 0 Å². The number of rotatable bonds is 41. The molecule has 0 fully saturated rings. The van der Waals surface area contributed by atoms with Gasteiger partial charge in [0.2, 0.25) is 0 Å².